The van der Waals surface area contributed by atoms with Gasteiger partial charge in [0.2, 0.25) is 0 Å². The molecule has 122 valence electrons. The number of carbonyl (C=O) groups is 1. The summed E-state index contributed by atoms with van der Waals surface area (Å²) in [6, 6.07) is 8.02. The molecule has 1 amide bonds. The molecule has 0 bridgehead atoms. The molecule has 0 fully saturated rings. The van der Waals surface area contributed by atoms with E-state index in [0.717, 1.165) is 0 Å². The second-order valence-electron chi connectivity index (χ2n) is 5.94. The van der Waals surface area contributed by atoms with Crippen molar-refractivity contribution in [1.29, 1.82) is 0 Å². The molecule has 1 aromatic carbocycles. The maximum atomic E-state index is 13.6. The van der Waals surface area contributed by atoms with Crippen LogP contribution in [0.2, 0.25) is 0 Å². The molecule has 3 rings (SSSR count). The van der Waals surface area contributed by atoms with Gasteiger partial charge in [0, 0.05) is 12.0 Å². The predicted molar refractivity (Wildman–Crippen MR) is 80.5 cm³/mol. The number of hydrogen-bond donors (Lipinski definition) is 2. The molecule has 23 heavy (non-hydrogen) atoms. The summed E-state index contributed by atoms with van der Waals surface area (Å²) in [6.07, 6.45) is -0.489. The van der Waals surface area contributed by atoms with E-state index in [1.54, 1.807) is 38.1 Å². The first kappa shape index (κ1) is 15.6. The van der Waals surface area contributed by atoms with Gasteiger partial charge in [0.25, 0.3) is 5.91 Å². The first-order valence-corrected chi connectivity index (χ1v) is 7.38. The fourth-order valence-corrected chi connectivity index (χ4v) is 2.56. The number of benzene rings is 1. The highest BCUT2D eigenvalue weighted by Gasteiger charge is 2.33. The Morgan fingerprint density at radius 3 is 2.87 bits per heavy atom. The van der Waals surface area contributed by atoms with Crippen molar-refractivity contribution in [3.8, 4) is 5.75 Å². The molecule has 1 aliphatic heterocycles. The van der Waals surface area contributed by atoms with Crippen LogP contribution in [0.1, 0.15) is 24.0 Å². The van der Waals surface area contributed by atoms with E-state index in [1.165, 1.54) is 6.07 Å². The number of amides is 1. The van der Waals surface area contributed by atoms with E-state index in [0.29, 0.717) is 23.5 Å². The number of ether oxygens (including phenoxy) is 1. The quantitative estimate of drug-likeness (QED) is 0.905. The molecule has 0 saturated heterocycles. The Morgan fingerprint density at radius 2 is 2.22 bits per heavy atom. The number of aliphatic hydroxyl groups is 1. The molecule has 0 aliphatic carbocycles. The molecule has 0 spiro atoms. The van der Waals surface area contributed by atoms with Gasteiger partial charge in [-0.05, 0) is 32.0 Å². The number of fused-ring (bicyclic) bond motifs is 1. The third-order valence-electron chi connectivity index (χ3n) is 3.88. The zero-order valence-corrected chi connectivity index (χ0v) is 12.9. The van der Waals surface area contributed by atoms with E-state index in [1.807, 2.05) is 0 Å². The molecule has 6 heteroatoms. The van der Waals surface area contributed by atoms with Crippen molar-refractivity contribution in [2.24, 2.45) is 0 Å². The van der Waals surface area contributed by atoms with E-state index in [9.17, 15) is 14.3 Å². The monoisotopic (exact) mass is 319 g/mol. The van der Waals surface area contributed by atoms with Gasteiger partial charge in [0.1, 0.15) is 17.1 Å². The highest BCUT2D eigenvalue weighted by Crippen LogP contribution is 2.31. The first-order valence-electron chi connectivity index (χ1n) is 7.38. The van der Waals surface area contributed by atoms with Crippen molar-refractivity contribution < 1.29 is 23.4 Å². The van der Waals surface area contributed by atoms with E-state index in [4.69, 9.17) is 9.15 Å². The van der Waals surface area contributed by atoms with Gasteiger partial charge >= 0.3 is 0 Å². The van der Waals surface area contributed by atoms with Crippen molar-refractivity contribution in [2.45, 2.75) is 32.0 Å². The standard InChI is InChI=1S/C17H18FNO4/c1-10-6-7-14(22-10)17(2,21)9-19-16(20)13-8-11-4-3-5-12(18)15(11)23-13/h3-7,13,21H,8-9H2,1-2H3,(H,19,20). The normalized spacial score (nSPS) is 18.9. The highest BCUT2D eigenvalue weighted by molar-refractivity contribution is 5.82. The lowest BCUT2D eigenvalue weighted by atomic mass is 10.0. The summed E-state index contributed by atoms with van der Waals surface area (Å²) >= 11 is 0. The van der Waals surface area contributed by atoms with E-state index >= 15 is 0 Å². The number of halogens is 1. The molecule has 2 N–H and O–H groups in total. The highest BCUT2D eigenvalue weighted by atomic mass is 19.1. The summed E-state index contributed by atoms with van der Waals surface area (Å²) in [7, 11) is 0. The summed E-state index contributed by atoms with van der Waals surface area (Å²) < 4.78 is 24.4. The maximum Gasteiger partial charge on any atom is 0.261 e. The Labute approximate surface area is 133 Å². The van der Waals surface area contributed by atoms with Gasteiger partial charge in [0.15, 0.2) is 17.7 Å². The number of para-hydroxylation sites is 1. The molecule has 1 aromatic heterocycles. The van der Waals surface area contributed by atoms with Crippen molar-refractivity contribution in [1.82, 2.24) is 5.32 Å². The zero-order chi connectivity index (χ0) is 16.6. The average molecular weight is 319 g/mol. The smallest absolute Gasteiger partial charge is 0.261 e. The molecule has 2 aromatic rings. The van der Waals surface area contributed by atoms with Crippen LogP contribution in [0, 0.1) is 12.7 Å². The Balaban J connectivity index is 1.62. The predicted octanol–water partition coefficient (Wildman–Crippen LogP) is 2.05. The largest absolute Gasteiger partial charge is 0.477 e. The SMILES string of the molecule is Cc1ccc(C(C)(O)CNC(=O)C2Cc3cccc(F)c3O2)o1. The van der Waals surface area contributed by atoms with Crippen LogP contribution in [0.3, 0.4) is 0 Å². The summed E-state index contributed by atoms with van der Waals surface area (Å²) in [4.78, 5) is 12.2. The van der Waals surface area contributed by atoms with Crippen LogP contribution in [0.25, 0.3) is 0 Å². The van der Waals surface area contributed by atoms with Gasteiger partial charge in [-0.15, -0.1) is 0 Å². The fraction of sp³-hybridized carbons (Fsp3) is 0.353. The van der Waals surface area contributed by atoms with Crippen LogP contribution < -0.4 is 10.1 Å². The number of furan rings is 1. The minimum atomic E-state index is -1.33. The van der Waals surface area contributed by atoms with Crippen molar-refractivity contribution in [3.63, 3.8) is 0 Å². The van der Waals surface area contributed by atoms with Crippen LogP contribution in [0.4, 0.5) is 4.39 Å². The molecule has 1 aliphatic rings. The third kappa shape index (κ3) is 3.07. The zero-order valence-electron chi connectivity index (χ0n) is 12.9. The molecule has 2 unspecified atom stereocenters. The number of carbonyl (C=O) groups excluding carboxylic acids is 1. The first-order chi connectivity index (χ1) is 10.9. The molecular weight excluding hydrogens is 301 g/mol. The summed E-state index contributed by atoms with van der Waals surface area (Å²) in [5.41, 5.74) is -0.667. The molecule has 2 atom stereocenters. The van der Waals surface area contributed by atoms with Crippen LogP contribution in [0.5, 0.6) is 5.75 Å². The van der Waals surface area contributed by atoms with Crippen LogP contribution in [0.15, 0.2) is 34.7 Å². The Hall–Kier alpha value is -2.34. The van der Waals surface area contributed by atoms with Crippen LogP contribution in [-0.4, -0.2) is 23.7 Å². The molecular formula is C17H18FNO4. The fourth-order valence-electron chi connectivity index (χ4n) is 2.56. The van der Waals surface area contributed by atoms with Crippen LogP contribution in [-0.2, 0) is 16.8 Å². The molecule has 2 heterocycles. The lowest BCUT2D eigenvalue weighted by Gasteiger charge is -2.22. The van der Waals surface area contributed by atoms with Crippen molar-refractivity contribution >= 4 is 5.91 Å². The van der Waals surface area contributed by atoms with Gasteiger partial charge in [-0.3, -0.25) is 4.79 Å². The minimum absolute atomic E-state index is 0.0303. The number of aryl methyl sites for hydroxylation is 1. The van der Waals surface area contributed by atoms with E-state index < -0.39 is 23.4 Å². The lowest BCUT2D eigenvalue weighted by molar-refractivity contribution is -0.128. The molecule has 0 radical (unpaired) electrons. The van der Waals surface area contributed by atoms with E-state index in [2.05, 4.69) is 5.32 Å². The van der Waals surface area contributed by atoms with Gasteiger partial charge < -0.3 is 19.6 Å². The molecule has 0 saturated carbocycles. The van der Waals surface area contributed by atoms with Crippen molar-refractivity contribution in [2.75, 3.05) is 6.54 Å². The summed E-state index contributed by atoms with van der Waals surface area (Å²) in [5, 5.41) is 13.0. The number of rotatable bonds is 4. The minimum Gasteiger partial charge on any atom is -0.477 e. The van der Waals surface area contributed by atoms with Gasteiger partial charge in [-0.2, -0.15) is 0 Å². The topological polar surface area (TPSA) is 71.7 Å². The summed E-state index contributed by atoms with van der Waals surface area (Å²) in [5.74, 6) is 0.301. The Morgan fingerprint density at radius 1 is 1.43 bits per heavy atom. The van der Waals surface area contributed by atoms with Crippen LogP contribution >= 0.6 is 0 Å². The molecule has 5 nitrogen and oxygen atoms in total. The Kier molecular flexibility index (Phi) is 3.85. The number of hydrogen-bond acceptors (Lipinski definition) is 4. The Bertz CT molecular complexity index is 738. The average Bonchev–Trinajstić information content (AvgIpc) is 3.12. The van der Waals surface area contributed by atoms with E-state index in [-0.39, 0.29) is 12.3 Å². The summed E-state index contributed by atoms with van der Waals surface area (Å²) in [6.45, 7) is 3.29. The number of nitrogens with one attached hydrogen (secondary N) is 1. The maximum absolute atomic E-state index is 13.6. The second kappa shape index (κ2) is 5.70. The van der Waals surface area contributed by atoms with Gasteiger partial charge in [-0.1, -0.05) is 12.1 Å². The van der Waals surface area contributed by atoms with Crippen molar-refractivity contribution in [3.05, 3.63) is 53.2 Å². The van der Waals surface area contributed by atoms with Gasteiger partial charge in [-0.25, -0.2) is 4.39 Å². The second-order valence-corrected chi connectivity index (χ2v) is 5.94. The third-order valence-corrected chi connectivity index (χ3v) is 3.88. The van der Waals surface area contributed by atoms with Gasteiger partial charge in [0.05, 0.1) is 6.54 Å². The lowest BCUT2D eigenvalue weighted by Crippen LogP contribution is -2.44.